The van der Waals surface area contributed by atoms with E-state index >= 15 is 0 Å². The molecule has 3 aliphatic rings. The van der Waals surface area contributed by atoms with E-state index in [2.05, 4.69) is 42.2 Å². The van der Waals surface area contributed by atoms with Crippen molar-refractivity contribution in [3.8, 4) is 5.75 Å². The number of aromatic amines is 1. The van der Waals surface area contributed by atoms with E-state index in [1.165, 1.54) is 14.0 Å². The summed E-state index contributed by atoms with van der Waals surface area (Å²) in [6.45, 7) is 2.25. The van der Waals surface area contributed by atoms with Gasteiger partial charge >= 0.3 is 0 Å². The molecule has 1 unspecified atom stereocenters. The molecule has 0 saturated carbocycles. The van der Waals surface area contributed by atoms with Crippen molar-refractivity contribution in [3.63, 3.8) is 0 Å². The fourth-order valence-corrected chi connectivity index (χ4v) is 8.94. The highest BCUT2D eigenvalue weighted by Gasteiger charge is 2.44. The van der Waals surface area contributed by atoms with Gasteiger partial charge in [-0.3, -0.25) is 43.2 Å². The number of hydrogen-bond acceptors (Lipinski definition) is 14. The Balaban J connectivity index is 1.71. The van der Waals surface area contributed by atoms with Crippen LogP contribution < -0.4 is 47.7 Å². The summed E-state index contributed by atoms with van der Waals surface area (Å²) in [4.78, 5) is 128. The van der Waals surface area contributed by atoms with E-state index in [-0.39, 0.29) is 25.0 Å². The van der Waals surface area contributed by atoms with Crippen LogP contribution in [0.5, 0.6) is 5.75 Å². The second-order valence-corrected chi connectivity index (χ2v) is 17.5. The summed E-state index contributed by atoms with van der Waals surface area (Å²) in [5.74, 6) is -9.39. The summed E-state index contributed by atoms with van der Waals surface area (Å²) >= 11 is 1.02. The molecule has 2 bridgehead atoms. The zero-order valence-corrected chi connectivity index (χ0v) is 37.3. The molecule has 356 valence electrons. The highest BCUT2D eigenvalue weighted by Crippen LogP contribution is 2.34. The molecule has 1 fully saturated rings. The molecular weight excluding hydrogens is 873 g/mol. The maximum atomic E-state index is 14.5. The van der Waals surface area contributed by atoms with E-state index in [1.54, 1.807) is 32.0 Å². The van der Waals surface area contributed by atoms with Gasteiger partial charge in [0.25, 0.3) is 0 Å². The molecule has 13 N–H and O–H groups in total. The smallest absolute Gasteiger partial charge is 0.245 e. The van der Waals surface area contributed by atoms with Gasteiger partial charge in [0.1, 0.15) is 42.0 Å². The number of primary amides is 1. The fraction of sp³-hybridized carbons (Fsp3) is 0.585. The summed E-state index contributed by atoms with van der Waals surface area (Å²) in [5, 5.41) is 50.3. The normalized spacial score (nSPS) is 27.1. The number of H-pyrrole nitrogens is 1. The first kappa shape index (κ1) is 50.0. The van der Waals surface area contributed by atoms with E-state index in [1.807, 2.05) is 0 Å². The second kappa shape index (κ2) is 22.3. The molecule has 2 aromatic rings. The predicted octanol–water partition coefficient (Wildman–Crippen LogP) is -4.24. The number of aliphatic hydroxyl groups excluding tert-OH is 3. The van der Waals surface area contributed by atoms with Crippen molar-refractivity contribution >= 4 is 75.8 Å². The van der Waals surface area contributed by atoms with Crippen LogP contribution in [0.3, 0.4) is 0 Å². The number of thioether (sulfide) groups is 1. The molecule has 1 aromatic carbocycles. The number of hydrogen-bond donors (Lipinski definition) is 12. The first-order valence-corrected chi connectivity index (χ1v) is 22.3. The van der Waals surface area contributed by atoms with Gasteiger partial charge in [-0.15, -0.1) is 11.8 Å². The first-order valence-electron chi connectivity index (χ1n) is 21.3. The van der Waals surface area contributed by atoms with Crippen LogP contribution in [0.15, 0.2) is 23.2 Å². The largest absolute Gasteiger partial charge is 0.497 e. The van der Waals surface area contributed by atoms with Gasteiger partial charge < -0.3 is 72.9 Å². The number of carbonyl (C=O) groups excluding carboxylic acids is 9. The molecule has 1 aromatic heterocycles. The van der Waals surface area contributed by atoms with E-state index < -0.39 is 146 Å². The molecular formula is C41H58N10O13S. The Morgan fingerprint density at radius 2 is 1.58 bits per heavy atom. The van der Waals surface area contributed by atoms with Crippen molar-refractivity contribution in [2.75, 3.05) is 39.1 Å². The van der Waals surface area contributed by atoms with Crippen LogP contribution in [0.2, 0.25) is 0 Å². The molecule has 5 rings (SSSR count). The Morgan fingerprint density at radius 3 is 2.25 bits per heavy atom. The van der Waals surface area contributed by atoms with Crippen molar-refractivity contribution in [2.45, 2.75) is 106 Å². The van der Waals surface area contributed by atoms with Crippen molar-refractivity contribution < 1.29 is 63.2 Å². The third-order valence-corrected chi connectivity index (χ3v) is 13.0. The highest BCUT2D eigenvalue weighted by atomic mass is 32.2. The Hall–Kier alpha value is -5.98. The zero-order valence-electron chi connectivity index (χ0n) is 36.4. The number of ether oxygens (including phenoxy) is 1. The lowest BCUT2D eigenvalue weighted by Gasteiger charge is -2.33. The third-order valence-electron chi connectivity index (χ3n) is 11.9. The van der Waals surface area contributed by atoms with Gasteiger partial charge in [-0.05, 0) is 30.0 Å². The maximum absolute atomic E-state index is 14.5. The molecule has 65 heavy (non-hydrogen) atoms. The van der Waals surface area contributed by atoms with Crippen LogP contribution in [0, 0.1) is 11.8 Å². The quantitative estimate of drug-likeness (QED) is 0.113. The Kier molecular flexibility index (Phi) is 17.1. The van der Waals surface area contributed by atoms with E-state index in [0.29, 0.717) is 33.7 Å². The molecule has 10 atom stereocenters. The Labute approximate surface area is 377 Å². The average molecular weight is 931 g/mol. The van der Waals surface area contributed by atoms with Gasteiger partial charge in [0.15, 0.2) is 0 Å². The number of methoxy groups -OCH3 is 1. The minimum atomic E-state index is -1.69. The van der Waals surface area contributed by atoms with Crippen molar-refractivity contribution in [2.24, 2.45) is 17.6 Å². The summed E-state index contributed by atoms with van der Waals surface area (Å²) in [6, 6.07) is -3.87. The van der Waals surface area contributed by atoms with Gasteiger partial charge in [0.2, 0.25) is 53.2 Å². The summed E-state index contributed by atoms with van der Waals surface area (Å²) in [6.07, 6.45) is -3.85. The van der Waals surface area contributed by atoms with Gasteiger partial charge in [-0.25, -0.2) is 0 Å². The maximum Gasteiger partial charge on any atom is 0.245 e. The van der Waals surface area contributed by atoms with Crippen LogP contribution in [-0.4, -0.2) is 166 Å². The number of benzene rings is 1. The van der Waals surface area contributed by atoms with Crippen LogP contribution in [0.25, 0.3) is 10.9 Å². The number of nitrogens with two attached hydrogens (primary N) is 1. The number of fused-ring (bicyclic) bond motifs is 5. The summed E-state index contributed by atoms with van der Waals surface area (Å²) in [7, 11) is 1.46. The number of aromatic nitrogens is 1. The van der Waals surface area contributed by atoms with Crippen molar-refractivity contribution in [1.29, 1.82) is 0 Å². The van der Waals surface area contributed by atoms with Crippen LogP contribution in [-0.2, 0) is 49.6 Å². The first-order chi connectivity index (χ1) is 30.8. The molecule has 24 heteroatoms. The average Bonchev–Trinajstić information content (AvgIpc) is 3.85. The number of aliphatic hydroxyl groups is 3. The van der Waals surface area contributed by atoms with Gasteiger partial charge in [0.05, 0.1) is 49.6 Å². The number of rotatable bonds is 9. The SMILES string of the molecule is CC[C@H](C)[C@@H]1NC(=O)CNC(=O)[C@@H]2Cc3c([nH]c4cc(OC)ccc34)SC[C@@H](NC(=O)CNC1=O)C(=O)N[C@@H](CCC(N)=O)C(=O)N1C[C@H](O)CC1C(=O)N[C@H]([C@@H](C)[C@@H](O)CO)C(=O)N2. The molecule has 9 amide bonds. The van der Waals surface area contributed by atoms with E-state index in [0.717, 1.165) is 16.7 Å². The highest BCUT2D eigenvalue weighted by molar-refractivity contribution is 7.99. The van der Waals surface area contributed by atoms with Gasteiger partial charge in [-0.2, -0.15) is 0 Å². The monoisotopic (exact) mass is 930 g/mol. The van der Waals surface area contributed by atoms with Crippen molar-refractivity contribution in [1.82, 2.24) is 47.1 Å². The lowest BCUT2D eigenvalue weighted by Crippen LogP contribution is -2.61. The van der Waals surface area contributed by atoms with E-state index in [4.69, 9.17) is 10.5 Å². The third kappa shape index (κ3) is 12.4. The Morgan fingerprint density at radius 1 is 0.892 bits per heavy atom. The summed E-state index contributed by atoms with van der Waals surface area (Å²) in [5.41, 5.74) is 6.36. The van der Waals surface area contributed by atoms with E-state index in [9.17, 15) is 58.5 Å². The molecule has 23 nitrogen and oxygen atoms in total. The van der Waals surface area contributed by atoms with Gasteiger partial charge in [0, 0.05) is 48.9 Å². The standard InChI is InChI=1S/C41H58N10O13S/c1-5-18(2)33-38(61)44-13-31(56)45-27-17-65-40-23(22-7-6-21(64-4)11-25(22)48-40)12-26(35(58)43-14-32(57)49-33)47-39(62)34(19(3)29(54)16-52)50-37(60)28-10-20(53)15-51(28)41(63)24(46-36(27)59)8-9-30(42)55/h6-7,11,18-20,24,26-29,33-34,48,52-54H,5,8-10,12-17H2,1-4H3,(H2,42,55)(H,43,58)(H,44,61)(H,45,56)(H,46,59)(H,47,62)(H,49,57)(H,50,60)/t18-,19-,20+,24-,26-,27+,28?,29-,33-,34+/m0/s1. The van der Waals surface area contributed by atoms with Crippen molar-refractivity contribution in [3.05, 3.63) is 23.8 Å². The minimum absolute atomic E-state index is 0.250. The lowest BCUT2D eigenvalue weighted by atomic mass is 9.93. The molecule has 0 radical (unpaired) electrons. The summed E-state index contributed by atoms with van der Waals surface area (Å²) < 4.78 is 5.42. The van der Waals surface area contributed by atoms with Crippen LogP contribution >= 0.6 is 11.8 Å². The molecule has 4 heterocycles. The number of nitrogens with zero attached hydrogens (tertiary/aromatic N) is 1. The second-order valence-electron chi connectivity index (χ2n) is 16.5. The number of nitrogens with one attached hydrogen (secondary N) is 8. The fourth-order valence-electron chi connectivity index (χ4n) is 7.82. The van der Waals surface area contributed by atoms with Crippen LogP contribution in [0.4, 0.5) is 0 Å². The van der Waals surface area contributed by atoms with Gasteiger partial charge in [-0.1, -0.05) is 27.2 Å². The van der Waals surface area contributed by atoms with Crippen LogP contribution in [0.1, 0.15) is 52.0 Å². The molecule has 0 aliphatic carbocycles. The molecule has 1 saturated heterocycles. The number of amides is 9. The predicted molar refractivity (Wildman–Crippen MR) is 231 cm³/mol. The molecule has 3 aliphatic heterocycles. The molecule has 0 spiro atoms. The Bertz CT molecular complexity index is 2150. The minimum Gasteiger partial charge on any atom is -0.497 e. The number of carbonyl (C=O) groups is 9. The lowest BCUT2D eigenvalue weighted by molar-refractivity contribution is -0.143. The zero-order chi connectivity index (χ0) is 47.7. The topological polar surface area (TPSA) is 353 Å².